The number of methoxy groups -OCH3 is 1. The molecule has 21 heavy (non-hydrogen) atoms. The predicted molar refractivity (Wildman–Crippen MR) is 83.2 cm³/mol. The smallest absolute Gasteiger partial charge is 0.238 e. The molecule has 0 aliphatic heterocycles. The maximum atomic E-state index is 11.9. The third kappa shape index (κ3) is 6.46. The molecule has 0 unspecified atom stereocenters. The molecule has 0 saturated carbocycles. The molecule has 0 atom stereocenters. The number of carbonyl (C=O) groups excluding carboxylic acids is 1. The molecule has 1 rings (SSSR count). The summed E-state index contributed by atoms with van der Waals surface area (Å²) < 4.78 is 27.3. The number of benzene rings is 1. The SMILES string of the molecule is COc1cc(N)ccc1NC(=O)CN(C)CCS(C)(=O)=O. The van der Waals surface area contributed by atoms with E-state index in [-0.39, 0.29) is 18.2 Å². The monoisotopic (exact) mass is 315 g/mol. The average molecular weight is 315 g/mol. The van der Waals surface area contributed by atoms with Gasteiger partial charge in [-0.1, -0.05) is 0 Å². The number of likely N-dealkylation sites (N-methyl/N-ethyl adjacent to an activating group) is 1. The first-order valence-electron chi connectivity index (χ1n) is 6.31. The van der Waals surface area contributed by atoms with E-state index in [9.17, 15) is 13.2 Å². The van der Waals surface area contributed by atoms with Gasteiger partial charge in [-0.3, -0.25) is 9.69 Å². The standard InChI is InChI=1S/C13H21N3O4S/c1-16(6-7-21(3,18)19)9-13(17)15-11-5-4-10(14)8-12(11)20-2/h4-5,8H,6-7,9,14H2,1-3H3,(H,15,17). The Labute approximate surface area is 125 Å². The molecule has 0 aliphatic rings. The van der Waals surface area contributed by atoms with Crippen molar-refractivity contribution >= 4 is 27.1 Å². The van der Waals surface area contributed by atoms with Crippen LogP contribution in [0.4, 0.5) is 11.4 Å². The zero-order valence-electron chi connectivity index (χ0n) is 12.4. The van der Waals surface area contributed by atoms with Crippen molar-refractivity contribution in [2.45, 2.75) is 0 Å². The topological polar surface area (TPSA) is 102 Å². The number of hydrogen-bond acceptors (Lipinski definition) is 6. The molecule has 0 saturated heterocycles. The van der Waals surface area contributed by atoms with Crippen molar-refractivity contribution in [1.29, 1.82) is 0 Å². The lowest BCUT2D eigenvalue weighted by Crippen LogP contribution is -2.33. The van der Waals surface area contributed by atoms with E-state index in [1.54, 1.807) is 30.1 Å². The molecule has 1 amide bonds. The third-order valence-corrected chi connectivity index (χ3v) is 3.68. The van der Waals surface area contributed by atoms with Crippen LogP contribution in [0.25, 0.3) is 0 Å². The van der Waals surface area contributed by atoms with E-state index in [0.717, 1.165) is 0 Å². The highest BCUT2D eigenvalue weighted by Gasteiger charge is 2.12. The number of nitrogen functional groups attached to an aromatic ring is 1. The summed E-state index contributed by atoms with van der Waals surface area (Å²) in [6.45, 7) is 0.383. The fourth-order valence-electron chi connectivity index (χ4n) is 1.65. The minimum atomic E-state index is -3.04. The molecule has 3 N–H and O–H groups in total. The largest absolute Gasteiger partial charge is 0.494 e. The van der Waals surface area contributed by atoms with Crippen LogP contribution in [-0.2, 0) is 14.6 Å². The van der Waals surface area contributed by atoms with Crippen molar-refractivity contribution in [3.8, 4) is 5.75 Å². The highest BCUT2D eigenvalue weighted by molar-refractivity contribution is 7.90. The average Bonchev–Trinajstić information content (AvgIpc) is 2.37. The van der Waals surface area contributed by atoms with Gasteiger partial charge in [0.25, 0.3) is 0 Å². The van der Waals surface area contributed by atoms with Crippen LogP contribution in [0.1, 0.15) is 0 Å². The number of anilines is 2. The van der Waals surface area contributed by atoms with Crippen LogP contribution in [0.3, 0.4) is 0 Å². The van der Waals surface area contributed by atoms with Gasteiger partial charge in [0.05, 0.1) is 25.1 Å². The van der Waals surface area contributed by atoms with E-state index in [1.165, 1.54) is 13.4 Å². The minimum Gasteiger partial charge on any atom is -0.494 e. The Morgan fingerprint density at radius 1 is 1.43 bits per heavy atom. The lowest BCUT2D eigenvalue weighted by atomic mass is 10.2. The Morgan fingerprint density at radius 2 is 2.10 bits per heavy atom. The van der Waals surface area contributed by atoms with E-state index < -0.39 is 9.84 Å². The van der Waals surface area contributed by atoms with Crippen molar-refractivity contribution in [2.75, 3.05) is 50.3 Å². The second-order valence-electron chi connectivity index (χ2n) is 4.88. The zero-order valence-corrected chi connectivity index (χ0v) is 13.2. The Morgan fingerprint density at radius 3 is 2.67 bits per heavy atom. The molecule has 0 heterocycles. The van der Waals surface area contributed by atoms with Crippen molar-refractivity contribution in [1.82, 2.24) is 4.90 Å². The molecule has 7 nitrogen and oxygen atoms in total. The van der Waals surface area contributed by atoms with Gasteiger partial charge in [0, 0.05) is 24.6 Å². The van der Waals surface area contributed by atoms with E-state index in [4.69, 9.17) is 10.5 Å². The second kappa shape index (κ2) is 7.28. The Hall–Kier alpha value is -1.80. The van der Waals surface area contributed by atoms with Gasteiger partial charge in [-0.05, 0) is 19.2 Å². The lowest BCUT2D eigenvalue weighted by Gasteiger charge is -2.16. The molecule has 1 aromatic carbocycles. The van der Waals surface area contributed by atoms with Crippen LogP contribution in [0.5, 0.6) is 5.75 Å². The molecule has 118 valence electrons. The fraction of sp³-hybridized carbons (Fsp3) is 0.462. The zero-order chi connectivity index (χ0) is 16.0. The van der Waals surface area contributed by atoms with Gasteiger partial charge in [-0.25, -0.2) is 8.42 Å². The van der Waals surface area contributed by atoms with Crippen LogP contribution in [0.15, 0.2) is 18.2 Å². The van der Waals surface area contributed by atoms with Gasteiger partial charge in [0.1, 0.15) is 15.6 Å². The molecule has 1 aromatic rings. The number of ether oxygens (including phenoxy) is 1. The number of nitrogens with two attached hydrogens (primary N) is 1. The summed E-state index contributed by atoms with van der Waals surface area (Å²) in [4.78, 5) is 13.6. The number of carbonyl (C=O) groups is 1. The number of nitrogens with zero attached hydrogens (tertiary/aromatic N) is 1. The first-order valence-corrected chi connectivity index (χ1v) is 8.37. The summed E-state index contributed by atoms with van der Waals surface area (Å²) in [5, 5.41) is 2.71. The number of hydrogen-bond donors (Lipinski definition) is 2. The molecular weight excluding hydrogens is 294 g/mol. The van der Waals surface area contributed by atoms with Gasteiger partial charge in [-0.2, -0.15) is 0 Å². The molecule has 0 radical (unpaired) electrons. The summed E-state index contributed by atoms with van der Waals surface area (Å²) in [7, 11) is 0.138. The number of rotatable bonds is 7. The summed E-state index contributed by atoms with van der Waals surface area (Å²) in [5.41, 5.74) is 6.70. The van der Waals surface area contributed by atoms with E-state index >= 15 is 0 Å². The first kappa shape index (κ1) is 17.3. The normalized spacial score (nSPS) is 11.4. The van der Waals surface area contributed by atoms with Crippen LogP contribution < -0.4 is 15.8 Å². The summed E-state index contributed by atoms with van der Waals surface area (Å²) in [6.07, 6.45) is 1.17. The lowest BCUT2D eigenvalue weighted by molar-refractivity contribution is -0.117. The molecular formula is C13H21N3O4S. The van der Waals surface area contributed by atoms with Crippen molar-refractivity contribution in [3.63, 3.8) is 0 Å². The Balaban J connectivity index is 2.57. The van der Waals surface area contributed by atoms with Crippen LogP contribution >= 0.6 is 0 Å². The molecule has 0 aromatic heterocycles. The molecule has 0 fully saturated rings. The van der Waals surface area contributed by atoms with E-state index in [2.05, 4.69) is 5.32 Å². The van der Waals surface area contributed by atoms with Crippen molar-refractivity contribution in [2.24, 2.45) is 0 Å². The summed E-state index contributed by atoms with van der Waals surface area (Å²) in [5.74, 6) is 0.235. The van der Waals surface area contributed by atoms with Gasteiger partial charge < -0.3 is 15.8 Å². The molecule has 0 spiro atoms. The van der Waals surface area contributed by atoms with E-state index in [0.29, 0.717) is 23.7 Å². The van der Waals surface area contributed by atoms with Crippen LogP contribution in [-0.4, -0.2) is 58.5 Å². The maximum absolute atomic E-state index is 11.9. The van der Waals surface area contributed by atoms with Gasteiger partial charge in [-0.15, -0.1) is 0 Å². The van der Waals surface area contributed by atoms with E-state index in [1.807, 2.05) is 0 Å². The second-order valence-corrected chi connectivity index (χ2v) is 7.14. The van der Waals surface area contributed by atoms with Crippen LogP contribution in [0, 0.1) is 0 Å². The number of sulfone groups is 1. The molecule has 0 bridgehead atoms. The number of nitrogens with one attached hydrogen (secondary N) is 1. The Kier molecular flexibility index (Phi) is 5.98. The fourth-order valence-corrected chi connectivity index (χ4v) is 2.29. The first-order chi connectivity index (χ1) is 9.71. The minimum absolute atomic E-state index is 0.0158. The maximum Gasteiger partial charge on any atom is 0.238 e. The van der Waals surface area contributed by atoms with Gasteiger partial charge in [0.2, 0.25) is 5.91 Å². The van der Waals surface area contributed by atoms with Crippen molar-refractivity contribution < 1.29 is 17.9 Å². The summed E-state index contributed by atoms with van der Waals surface area (Å²) >= 11 is 0. The quantitative estimate of drug-likeness (QED) is 0.697. The Bertz CT molecular complexity index is 601. The highest BCUT2D eigenvalue weighted by Crippen LogP contribution is 2.26. The van der Waals surface area contributed by atoms with Crippen LogP contribution in [0.2, 0.25) is 0 Å². The molecule has 8 heteroatoms. The highest BCUT2D eigenvalue weighted by atomic mass is 32.2. The number of amides is 1. The van der Waals surface area contributed by atoms with Gasteiger partial charge in [0.15, 0.2) is 0 Å². The van der Waals surface area contributed by atoms with Crippen molar-refractivity contribution in [3.05, 3.63) is 18.2 Å². The van der Waals surface area contributed by atoms with Gasteiger partial charge >= 0.3 is 0 Å². The third-order valence-electron chi connectivity index (χ3n) is 2.76. The molecule has 0 aliphatic carbocycles. The predicted octanol–water partition coefficient (Wildman–Crippen LogP) is 0.192. The summed E-state index contributed by atoms with van der Waals surface area (Å²) in [6, 6.07) is 4.93.